The zero-order chi connectivity index (χ0) is 35.3. The van der Waals surface area contributed by atoms with E-state index < -0.39 is 102 Å². The molecule has 0 aromatic carbocycles. The first kappa shape index (κ1) is 38.8. The lowest BCUT2D eigenvalue weighted by Gasteiger charge is -2.31. The Hall–Kier alpha value is -4.41. The number of aliphatic imine (C=N–C) groups is 1. The molecular formula is C30H48N8O9. The Kier molecular flexibility index (Phi) is 15.4. The number of carbonyl (C=O) groups is 8. The fourth-order valence-corrected chi connectivity index (χ4v) is 5.39. The van der Waals surface area contributed by atoms with Crippen LogP contribution in [0.1, 0.15) is 85.0 Å². The van der Waals surface area contributed by atoms with Crippen LogP contribution in [0.15, 0.2) is 4.99 Å². The Morgan fingerprint density at radius 3 is 2.06 bits per heavy atom. The SMILES string of the molecule is CCCC[C@@H]1NC(=O)[C@H](CCCCN)NC(=O)[C@@H]2CCCN2C(=O)[C@@H](C(C)C)NC(=O)C(CC(N)=O)=NC(=O)[C@H](CC(=O)O)NC1=O. The van der Waals surface area contributed by atoms with Gasteiger partial charge in [-0.1, -0.05) is 33.6 Å². The molecule has 0 radical (unpaired) electrons. The molecule has 0 spiro atoms. The maximum atomic E-state index is 13.8. The van der Waals surface area contributed by atoms with Crippen molar-refractivity contribution in [3.63, 3.8) is 0 Å². The molecule has 262 valence electrons. The zero-order valence-corrected chi connectivity index (χ0v) is 27.2. The Bertz CT molecular complexity index is 1240. The molecule has 17 nitrogen and oxygen atoms in total. The number of carbonyl (C=O) groups excluding carboxylic acids is 7. The van der Waals surface area contributed by atoms with Crippen molar-refractivity contribution in [2.75, 3.05) is 13.1 Å². The third kappa shape index (κ3) is 11.7. The number of unbranched alkanes of at least 4 members (excludes halogenated alkanes) is 2. The predicted molar refractivity (Wildman–Crippen MR) is 168 cm³/mol. The van der Waals surface area contributed by atoms with Crippen LogP contribution in [0.3, 0.4) is 0 Å². The van der Waals surface area contributed by atoms with Crippen LogP contribution in [0.25, 0.3) is 0 Å². The predicted octanol–water partition coefficient (Wildman–Crippen LogP) is -1.78. The summed E-state index contributed by atoms with van der Waals surface area (Å²) in [5, 5.41) is 19.6. The number of hydrogen-bond acceptors (Lipinski definition) is 9. The van der Waals surface area contributed by atoms with Crippen LogP contribution in [-0.2, 0) is 38.4 Å². The summed E-state index contributed by atoms with van der Waals surface area (Å²) in [6.07, 6.45) is 1.42. The van der Waals surface area contributed by atoms with E-state index in [1.54, 1.807) is 13.8 Å². The number of rotatable bonds is 12. The minimum atomic E-state index is -1.79. The molecule has 0 unspecified atom stereocenters. The van der Waals surface area contributed by atoms with Crippen LogP contribution in [0.4, 0.5) is 0 Å². The second-order valence-electron chi connectivity index (χ2n) is 12.1. The molecule has 5 atom stereocenters. The van der Waals surface area contributed by atoms with Gasteiger partial charge in [-0.2, -0.15) is 0 Å². The summed E-state index contributed by atoms with van der Waals surface area (Å²) in [5.74, 6) is -8.15. The van der Waals surface area contributed by atoms with Crippen LogP contribution in [-0.4, -0.2) is 106 Å². The van der Waals surface area contributed by atoms with Crippen LogP contribution in [0, 0.1) is 5.92 Å². The first-order chi connectivity index (χ1) is 22.2. The van der Waals surface area contributed by atoms with E-state index in [0.717, 1.165) is 0 Å². The van der Waals surface area contributed by atoms with Gasteiger partial charge in [-0.25, -0.2) is 4.99 Å². The van der Waals surface area contributed by atoms with E-state index in [1.807, 2.05) is 6.92 Å². The summed E-state index contributed by atoms with van der Waals surface area (Å²) in [4.78, 5) is 109. The van der Waals surface area contributed by atoms with Crippen LogP contribution in [0.5, 0.6) is 0 Å². The zero-order valence-electron chi connectivity index (χ0n) is 27.2. The van der Waals surface area contributed by atoms with Crippen LogP contribution < -0.4 is 32.7 Å². The molecule has 0 bridgehead atoms. The Morgan fingerprint density at radius 2 is 1.51 bits per heavy atom. The summed E-state index contributed by atoms with van der Waals surface area (Å²) in [6.45, 7) is 5.67. The molecule has 0 aromatic heterocycles. The molecule has 0 aliphatic carbocycles. The lowest BCUT2D eigenvalue weighted by molar-refractivity contribution is -0.143. The van der Waals surface area contributed by atoms with Crippen LogP contribution >= 0.6 is 0 Å². The third-order valence-electron chi connectivity index (χ3n) is 7.96. The molecule has 1 saturated heterocycles. The third-order valence-corrected chi connectivity index (χ3v) is 7.96. The standard InChI is InChI=1S/C30H48N8O9/c1-4-5-9-17-26(43)36-20(15-23(40)41)27(44)35-19(14-22(32)39)28(45)37-24(16(2)3)30(47)38-13-8-11-21(38)29(46)34-18(25(42)33-17)10-6-7-12-31/h16-18,20-21,24H,4-15,31H2,1-3H3,(H2,32,39)(H,33,42)(H,34,46)(H,36,43)(H,37,45)(H,40,41)/t17-,18-,20-,21-,24+/m0/s1. The molecule has 2 aliphatic heterocycles. The molecule has 9 N–H and O–H groups in total. The summed E-state index contributed by atoms with van der Waals surface area (Å²) >= 11 is 0. The highest BCUT2D eigenvalue weighted by molar-refractivity contribution is 6.43. The number of aliphatic carboxylic acids is 1. The first-order valence-corrected chi connectivity index (χ1v) is 16.0. The van der Waals surface area contributed by atoms with Gasteiger partial charge in [0.05, 0.1) is 12.8 Å². The van der Waals surface area contributed by atoms with E-state index in [0.29, 0.717) is 45.1 Å². The summed E-state index contributed by atoms with van der Waals surface area (Å²) in [7, 11) is 0. The highest BCUT2D eigenvalue weighted by Crippen LogP contribution is 2.21. The van der Waals surface area contributed by atoms with Gasteiger partial charge in [-0.15, -0.1) is 0 Å². The van der Waals surface area contributed by atoms with Gasteiger partial charge in [0.1, 0.15) is 35.9 Å². The van der Waals surface area contributed by atoms with Gasteiger partial charge in [0, 0.05) is 6.54 Å². The molecule has 2 aliphatic rings. The topological polar surface area (TPSA) is 273 Å². The maximum Gasteiger partial charge on any atom is 0.305 e. The van der Waals surface area contributed by atoms with E-state index in [-0.39, 0.29) is 19.4 Å². The van der Waals surface area contributed by atoms with Gasteiger partial charge >= 0.3 is 5.97 Å². The summed E-state index contributed by atoms with van der Waals surface area (Å²) < 4.78 is 0. The molecule has 1 fully saturated rings. The lowest BCUT2D eigenvalue weighted by atomic mass is 10.0. The average molecular weight is 665 g/mol. The number of nitrogens with zero attached hydrogens (tertiary/aromatic N) is 2. The van der Waals surface area contributed by atoms with Crippen LogP contribution in [0.2, 0.25) is 0 Å². The average Bonchev–Trinajstić information content (AvgIpc) is 3.49. The normalized spacial score (nSPS) is 25.2. The van der Waals surface area contributed by atoms with E-state index >= 15 is 0 Å². The summed E-state index contributed by atoms with van der Waals surface area (Å²) in [5.41, 5.74) is 10.2. The lowest BCUT2D eigenvalue weighted by Crippen LogP contribution is -2.59. The molecule has 17 heteroatoms. The Morgan fingerprint density at radius 1 is 0.915 bits per heavy atom. The molecule has 2 heterocycles. The van der Waals surface area contributed by atoms with Crippen molar-refractivity contribution in [2.45, 2.75) is 115 Å². The number of carboxylic acid groups (broad SMARTS) is 1. The molecule has 0 aromatic rings. The number of amides is 7. The number of primary amides is 1. The van der Waals surface area contributed by atoms with Gasteiger partial charge in [-0.3, -0.25) is 38.4 Å². The van der Waals surface area contributed by atoms with Gasteiger partial charge in [0.25, 0.3) is 11.8 Å². The maximum absolute atomic E-state index is 13.8. The van der Waals surface area contributed by atoms with Gasteiger partial charge in [0.2, 0.25) is 29.5 Å². The fourth-order valence-electron chi connectivity index (χ4n) is 5.39. The smallest absolute Gasteiger partial charge is 0.305 e. The number of nitrogens with one attached hydrogen (secondary N) is 4. The van der Waals surface area contributed by atoms with Crippen molar-refractivity contribution in [2.24, 2.45) is 22.4 Å². The van der Waals surface area contributed by atoms with Crippen molar-refractivity contribution in [1.29, 1.82) is 0 Å². The van der Waals surface area contributed by atoms with Crippen molar-refractivity contribution >= 4 is 53.0 Å². The first-order valence-electron chi connectivity index (χ1n) is 16.0. The monoisotopic (exact) mass is 664 g/mol. The van der Waals surface area contributed by atoms with E-state index in [2.05, 4.69) is 26.3 Å². The summed E-state index contributed by atoms with van der Waals surface area (Å²) in [6, 6.07) is -6.29. The highest BCUT2D eigenvalue weighted by Gasteiger charge is 2.40. The minimum absolute atomic E-state index is 0.117. The van der Waals surface area contributed by atoms with Crippen molar-refractivity contribution in [3.8, 4) is 0 Å². The number of nitrogens with two attached hydrogens (primary N) is 2. The molecular weight excluding hydrogens is 616 g/mol. The highest BCUT2D eigenvalue weighted by atomic mass is 16.4. The Labute approximate surface area is 273 Å². The van der Waals surface area contributed by atoms with E-state index in [1.165, 1.54) is 4.90 Å². The van der Waals surface area contributed by atoms with Gasteiger partial charge < -0.3 is 42.7 Å². The van der Waals surface area contributed by atoms with Crippen molar-refractivity contribution in [3.05, 3.63) is 0 Å². The van der Waals surface area contributed by atoms with Crippen molar-refractivity contribution in [1.82, 2.24) is 26.2 Å². The number of hydrogen-bond donors (Lipinski definition) is 7. The van der Waals surface area contributed by atoms with Gasteiger partial charge in [-0.05, 0) is 51.0 Å². The van der Waals surface area contributed by atoms with E-state index in [9.17, 15) is 43.5 Å². The second kappa shape index (κ2) is 18.7. The minimum Gasteiger partial charge on any atom is -0.481 e. The molecule has 0 saturated carbocycles. The Balaban J connectivity index is 2.67. The molecule has 7 amide bonds. The second-order valence-corrected chi connectivity index (χ2v) is 12.1. The van der Waals surface area contributed by atoms with Gasteiger partial charge in [0.15, 0.2) is 0 Å². The molecule has 47 heavy (non-hydrogen) atoms. The van der Waals surface area contributed by atoms with E-state index in [4.69, 9.17) is 11.5 Å². The molecule has 2 rings (SSSR count). The number of fused-ring (bicyclic) bond motifs is 1. The van der Waals surface area contributed by atoms with Crippen molar-refractivity contribution < 1.29 is 43.5 Å². The fraction of sp³-hybridized carbons (Fsp3) is 0.700. The largest absolute Gasteiger partial charge is 0.481 e. The number of carboxylic acids is 1. The quantitative estimate of drug-likeness (QED) is 0.115.